The van der Waals surface area contributed by atoms with E-state index in [4.69, 9.17) is 4.74 Å². The van der Waals surface area contributed by atoms with Crippen LogP contribution in [0, 0.1) is 23.6 Å². The number of anilines is 1. The highest BCUT2D eigenvalue weighted by molar-refractivity contribution is 7.15. The van der Waals surface area contributed by atoms with Crippen LogP contribution in [-0.4, -0.2) is 43.0 Å². The lowest BCUT2D eigenvalue weighted by Crippen LogP contribution is -2.15. The number of rotatable bonds is 6. The molecule has 1 fully saturated rings. The summed E-state index contributed by atoms with van der Waals surface area (Å²) in [5.74, 6) is 4.61. The van der Waals surface area contributed by atoms with Gasteiger partial charge in [0.05, 0.1) is 18.9 Å². The zero-order valence-electron chi connectivity index (χ0n) is 19.5. The zero-order valence-corrected chi connectivity index (χ0v) is 20.3. The molecule has 188 valence electrons. The zero-order chi connectivity index (χ0) is 26.1. The van der Waals surface area contributed by atoms with Crippen molar-refractivity contribution in [2.45, 2.75) is 19.3 Å². The predicted molar refractivity (Wildman–Crippen MR) is 129 cm³/mol. The molecule has 0 atom stereocenters. The van der Waals surface area contributed by atoms with E-state index in [0.717, 1.165) is 42.6 Å². The third-order valence-electron chi connectivity index (χ3n) is 5.43. The van der Waals surface area contributed by atoms with Crippen LogP contribution in [0.2, 0.25) is 0 Å². The van der Waals surface area contributed by atoms with Crippen molar-refractivity contribution in [1.29, 1.82) is 0 Å². The third kappa shape index (κ3) is 5.14. The molecule has 0 radical (unpaired) electrons. The maximum atomic E-state index is 16.0. The number of amides is 1. The summed E-state index contributed by atoms with van der Waals surface area (Å²) in [6.07, 6.45) is 2.97. The Morgan fingerprint density at radius 2 is 2.08 bits per heavy atom. The summed E-state index contributed by atoms with van der Waals surface area (Å²) < 4.78 is 49.7. The van der Waals surface area contributed by atoms with E-state index >= 15 is 4.39 Å². The Morgan fingerprint density at radius 1 is 1.27 bits per heavy atom. The number of nitrogens with one attached hydrogen (secondary N) is 1. The molecule has 9 nitrogen and oxygen atoms in total. The van der Waals surface area contributed by atoms with Crippen LogP contribution >= 0.6 is 11.3 Å². The first kappa shape index (κ1) is 24.4. The van der Waals surface area contributed by atoms with E-state index in [9.17, 15) is 13.6 Å². The Hall–Kier alpha value is -4.31. The van der Waals surface area contributed by atoms with Gasteiger partial charge in [0, 0.05) is 36.5 Å². The maximum absolute atomic E-state index is 16.0. The average Bonchev–Trinajstić information content (AvgIpc) is 3.45. The van der Waals surface area contributed by atoms with Crippen molar-refractivity contribution in [2.75, 3.05) is 12.4 Å². The van der Waals surface area contributed by atoms with Crippen LogP contribution in [0.25, 0.3) is 22.5 Å². The SMILES string of the molecule is COc1cnc(C(F)F)cc1-c1c(C(=O)Nc2nnc(C#CC3CC3)s2)cnc(-c2ccn(C)n2)c1F. The van der Waals surface area contributed by atoms with Gasteiger partial charge in [-0.25, -0.2) is 13.2 Å². The molecule has 1 amide bonds. The van der Waals surface area contributed by atoms with Crippen LogP contribution in [0.1, 0.15) is 40.3 Å². The van der Waals surface area contributed by atoms with Gasteiger partial charge in [-0.2, -0.15) is 5.10 Å². The number of hydrogen-bond donors (Lipinski definition) is 1. The molecule has 0 spiro atoms. The molecule has 1 aliphatic rings. The number of carbonyl (C=O) groups excluding carboxylic acids is 1. The number of carbonyl (C=O) groups is 1. The number of methoxy groups -OCH3 is 1. The molecule has 0 saturated heterocycles. The lowest BCUT2D eigenvalue weighted by Gasteiger charge is -2.15. The summed E-state index contributed by atoms with van der Waals surface area (Å²) in [5, 5.41) is 15.2. The molecular formula is C24H18F3N7O2S. The van der Waals surface area contributed by atoms with Gasteiger partial charge >= 0.3 is 0 Å². The minimum Gasteiger partial charge on any atom is -0.494 e. The lowest BCUT2D eigenvalue weighted by atomic mass is 9.97. The molecule has 0 aromatic carbocycles. The van der Waals surface area contributed by atoms with Gasteiger partial charge in [-0.05, 0) is 30.9 Å². The second-order valence-electron chi connectivity index (χ2n) is 8.10. The normalized spacial score (nSPS) is 12.8. The Balaban J connectivity index is 1.60. The summed E-state index contributed by atoms with van der Waals surface area (Å²) in [6, 6.07) is 2.52. The summed E-state index contributed by atoms with van der Waals surface area (Å²) in [4.78, 5) is 21.1. The summed E-state index contributed by atoms with van der Waals surface area (Å²) in [5.41, 5.74) is -1.21. The first-order valence-electron chi connectivity index (χ1n) is 11.0. The number of halogens is 3. The number of hydrogen-bond acceptors (Lipinski definition) is 8. The topological polar surface area (TPSA) is 108 Å². The van der Waals surface area contributed by atoms with Gasteiger partial charge in [-0.3, -0.25) is 24.8 Å². The highest BCUT2D eigenvalue weighted by Gasteiger charge is 2.27. The fourth-order valence-corrected chi connectivity index (χ4v) is 4.06. The Bertz CT molecular complexity index is 1550. The van der Waals surface area contributed by atoms with E-state index in [2.05, 4.69) is 42.4 Å². The lowest BCUT2D eigenvalue weighted by molar-refractivity contribution is 0.102. The molecule has 4 heterocycles. The van der Waals surface area contributed by atoms with E-state index < -0.39 is 23.8 Å². The van der Waals surface area contributed by atoms with Gasteiger partial charge in [0.2, 0.25) is 5.13 Å². The summed E-state index contributed by atoms with van der Waals surface area (Å²) >= 11 is 1.06. The summed E-state index contributed by atoms with van der Waals surface area (Å²) in [7, 11) is 2.93. The van der Waals surface area contributed by atoms with Crippen LogP contribution in [0.15, 0.2) is 30.7 Å². The number of alkyl halides is 2. The molecule has 1 N–H and O–H groups in total. The van der Waals surface area contributed by atoms with Crippen molar-refractivity contribution < 1.29 is 22.7 Å². The predicted octanol–water partition coefficient (Wildman–Crippen LogP) is 4.49. The molecule has 4 aromatic rings. The van der Waals surface area contributed by atoms with Crippen molar-refractivity contribution in [3.8, 4) is 40.1 Å². The Morgan fingerprint density at radius 3 is 2.76 bits per heavy atom. The molecule has 4 aromatic heterocycles. The van der Waals surface area contributed by atoms with Crippen LogP contribution in [0.3, 0.4) is 0 Å². The van der Waals surface area contributed by atoms with Crippen LogP contribution in [-0.2, 0) is 7.05 Å². The molecular weight excluding hydrogens is 507 g/mol. The quantitative estimate of drug-likeness (QED) is 0.370. The van der Waals surface area contributed by atoms with E-state index in [1.807, 2.05) is 0 Å². The molecule has 13 heteroatoms. The molecule has 0 aliphatic heterocycles. The number of ether oxygens (including phenoxy) is 1. The monoisotopic (exact) mass is 525 g/mol. The van der Waals surface area contributed by atoms with Crippen molar-refractivity contribution in [1.82, 2.24) is 29.9 Å². The molecule has 0 unspecified atom stereocenters. The van der Waals surface area contributed by atoms with Crippen molar-refractivity contribution in [3.63, 3.8) is 0 Å². The number of aryl methyl sites for hydroxylation is 1. The van der Waals surface area contributed by atoms with Gasteiger partial charge in [-0.1, -0.05) is 17.3 Å². The van der Waals surface area contributed by atoms with Gasteiger partial charge in [-0.15, -0.1) is 10.2 Å². The van der Waals surface area contributed by atoms with Crippen LogP contribution in [0.4, 0.5) is 18.3 Å². The minimum atomic E-state index is -2.93. The van der Waals surface area contributed by atoms with E-state index in [0.29, 0.717) is 10.9 Å². The second-order valence-corrected chi connectivity index (χ2v) is 9.08. The molecule has 0 bridgehead atoms. The van der Waals surface area contributed by atoms with E-state index in [1.165, 1.54) is 17.9 Å². The van der Waals surface area contributed by atoms with E-state index in [-0.39, 0.29) is 39.0 Å². The van der Waals surface area contributed by atoms with Crippen LogP contribution in [0.5, 0.6) is 5.75 Å². The number of pyridine rings is 2. The van der Waals surface area contributed by atoms with Gasteiger partial charge in [0.25, 0.3) is 12.3 Å². The van der Waals surface area contributed by atoms with E-state index in [1.54, 1.807) is 13.2 Å². The smallest absolute Gasteiger partial charge is 0.280 e. The van der Waals surface area contributed by atoms with Gasteiger partial charge in [0.1, 0.15) is 22.8 Å². The van der Waals surface area contributed by atoms with Crippen LogP contribution < -0.4 is 10.1 Å². The second kappa shape index (κ2) is 9.98. The van der Waals surface area contributed by atoms with Crippen molar-refractivity contribution in [2.24, 2.45) is 13.0 Å². The van der Waals surface area contributed by atoms with Crippen molar-refractivity contribution in [3.05, 3.63) is 52.8 Å². The molecule has 5 rings (SSSR count). The van der Waals surface area contributed by atoms with Crippen molar-refractivity contribution >= 4 is 22.4 Å². The Labute approximate surface area is 212 Å². The molecule has 1 saturated carbocycles. The van der Waals surface area contributed by atoms with Gasteiger partial charge in [0.15, 0.2) is 10.8 Å². The highest BCUT2D eigenvalue weighted by atomic mass is 32.1. The molecule has 37 heavy (non-hydrogen) atoms. The standard InChI is InChI=1S/C24H18F3N7O2S/c1-34-8-7-15(33-34)21-20(25)19(13-9-16(22(26)27)28-11-17(13)36-2)14(10-29-21)23(35)30-24-32-31-18(37-24)6-5-12-3-4-12/h7-12,22H,3-4H2,1-2H3,(H,30,32,35). The first-order chi connectivity index (χ1) is 17.8. The number of nitrogens with zero attached hydrogens (tertiary/aromatic N) is 6. The maximum Gasteiger partial charge on any atom is 0.280 e. The average molecular weight is 526 g/mol. The third-order valence-corrected chi connectivity index (χ3v) is 6.18. The fraction of sp³-hybridized carbons (Fsp3) is 0.250. The van der Waals surface area contributed by atoms with Gasteiger partial charge < -0.3 is 4.74 Å². The first-order valence-corrected chi connectivity index (χ1v) is 11.8. The Kier molecular flexibility index (Phi) is 6.58. The summed E-state index contributed by atoms with van der Waals surface area (Å²) in [6.45, 7) is 0. The number of aromatic nitrogens is 6. The molecule has 1 aliphatic carbocycles. The largest absolute Gasteiger partial charge is 0.494 e. The minimum absolute atomic E-state index is 0.0101. The highest BCUT2D eigenvalue weighted by Crippen LogP contribution is 2.38. The fourth-order valence-electron chi connectivity index (χ4n) is 3.46.